The van der Waals surface area contributed by atoms with E-state index in [0.717, 1.165) is 62.0 Å². The van der Waals surface area contributed by atoms with Crippen LogP contribution in [0.1, 0.15) is 108 Å². The number of benzene rings is 1. The van der Waals surface area contributed by atoms with Crippen LogP contribution >= 0.6 is 0 Å². The first-order valence-electron chi connectivity index (χ1n) is 14.3. The Morgan fingerprint density at radius 1 is 0.923 bits per heavy atom. The van der Waals surface area contributed by atoms with Gasteiger partial charge < -0.3 is 9.30 Å². The minimum absolute atomic E-state index is 0.233. The predicted molar refractivity (Wildman–Crippen MR) is 153 cm³/mol. The van der Waals surface area contributed by atoms with E-state index in [0.29, 0.717) is 30.9 Å². The molecule has 1 aliphatic heterocycles. The molecule has 212 valence electrons. The van der Waals surface area contributed by atoms with E-state index < -0.39 is 5.60 Å². The van der Waals surface area contributed by atoms with Crippen LogP contribution in [0, 0.1) is 0 Å². The molecule has 2 aromatic rings. The average Bonchev–Trinajstić information content (AvgIpc) is 3.36. The van der Waals surface area contributed by atoms with Gasteiger partial charge in [0, 0.05) is 26.1 Å². The van der Waals surface area contributed by atoms with E-state index >= 15 is 0 Å². The SMILES string of the molecule is CCCCc1ncc(/C=C2/C(=O)N(CCCC)C(=O)N2CCCC)n1Cc1ccc(C(=O)OC(C)(C)C)cc1. The Hall–Kier alpha value is -3.42. The summed E-state index contributed by atoms with van der Waals surface area (Å²) in [6, 6.07) is 7.17. The number of ether oxygens (including phenoxy) is 1. The van der Waals surface area contributed by atoms with Gasteiger partial charge in [0.15, 0.2) is 0 Å². The number of amides is 3. The number of rotatable bonds is 13. The van der Waals surface area contributed by atoms with Crippen molar-refractivity contribution < 1.29 is 19.1 Å². The predicted octanol–water partition coefficient (Wildman–Crippen LogP) is 6.43. The van der Waals surface area contributed by atoms with Crippen molar-refractivity contribution in [3.05, 3.63) is 58.8 Å². The van der Waals surface area contributed by atoms with Gasteiger partial charge in [-0.25, -0.2) is 14.6 Å². The quantitative estimate of drug-likeness (QED) is 0.167. The third-order valence-corrected chi connectivity index (χ3v) is 6.62. The van der Waals surface area contributed by atoms with Crippen LogP contribution in [0.15, 0.2) is 36.2 Å². The molecule has 2 heterocycles. The Kier molecular flexibility index (Phi) is 10.5. The van der Waals surface area contributed by atoms with Crippen LogP contribution in [-0.2, 0) is 22.5 Å². The Bertz CT molecular complexity index is 1170. The minimum atomic E-state index is -0.556. The van der Waals surface area contributed by atoms with E-state index in [2.05, 4.69) is 18.4 Å². The molecule has 0 aliphatic carbocycles. The molecule has 0 radical (unpaired) electrons. The van der Waals surface area contributed by atoms with E-state index in [-0.39, 0.29) is 17.9 Å². The zero-order chi connectivity index (χ0) is 28.6. The first kappa shape index (κ1) is 30.1. The summed E-state index contributed by atoms with van der Waals surface area (Å²) < 4.78 is 7.59. The van der Waals surface area contributed by atoms with Gasteiger partial charge in [0.1, 0.15) is 17.1 Å². The Morgan fingerprint density at radius 2 is 1.54 bits per heavy atom. The lowest BCUT2D eigenvalue weighted by Gasteiger charge is -2.19. The summed E-state index contributed by atoms with van der Waals surface area (Å²) in [6.45, 7) is 13.3. The van der Waals surface area contributed by atoms with Gasteiger partial charge in [-0.2, -0.15) is 0 Å². The minimum Gasteiger partial charge on any atom is -0.456 e. The highest BCUT2D eigenvalue weighted by Crippen LogP contribution is 2.26. The van der Waals surface area contributed by atoms with Gasteiger partial charge >= 0.3 is 12.0 Å². The number of aryl methyl sites for hydroxylation is 1. The third kappa shape index (κ3) is 7.80. The number of esters is 1. The highest BCUT2D eigenvalue weighted by molar-refractivity contribution is 6.13. The van der Waals surface area contributed by atoms with Crippen LogP contribution in [0.3, 0.4) is 0 Å². The molecule has 0 atom stereocenters. The zero-order valence-electron chi connectivity index (χ0n) is 24.5. The molecule has 3 rings (SSSR count). The highest BCUT2D eigenvalue weighted by atomic mass is 16.6. The maximum atomic E-state index is 13.4. The standard InChI is InChI=1S/C31H44N4O4/c1-7-10-13-27-32-21-25(20-26-28(36)34(19-12-9-3)30(38)33(26)18-11-8-2)35(27)22-23-14-16-24(17-15-23)29(37)39-31(4,5)6/h14-17,20-21H,7-13,18-19,22H2,1-6H3/b26-20-. The van der Waals surface area contributed by atoms with Crippen molar-refractivity contribution in [2.45, 2.75) is 98.6 Å². The second kappa shape index (κ2) is 13.6. The second-order valence-corrected chi connectivity index (χ2v) is 11.1. The summed E-state index contributed by atoms with van der Waals surface area (Å²) in [5.41, 5.74) is 2.14. The van der Waals surface area contributed by atoms with Gasteiger partial charge in [-0.15, -0.1) is 0 Å². The van der Waals surface area contributed by atoms with E-state index in [1.54, 1.807) is 23.2 Å². The first-order valence-corrected chi connectivity index (χ1v) is 14.3. The van der Waals surface area contributed by atoms with Crippen LogP contribution in [0.5, 0.6) is 0 Å². The van der Waals surface area contributed by atoms with Crippen molar-refractivity contribution in [3.8, 4) is 0 Å². The molecule has 0 N–H and O–H groups in total. The third-order valence-electron chi connectivity index (χ3n) is 6.62. The molecule has 0 spiro atoms. The number of hydrogen-bond acceptors (Lipinski definition) is 5. The number of aromatic nitrogens is 2. The molecule has 8 nitrogen and oxygen atoms in total. The summed E-state index contributed by atoms with van der Waals surface area (Å²) in [7, 11) is 0. The summed E-state index contributed by atoms with van der Waals surface area (Å²) in [5, 5.41) is 0. The second-order valence-electron chi connectivity index (χ2n) is 11.1. The maximum Gasteiger partial charge on any atom is 0.338 e. The Labute approximate surface area is 233 Å². The zero-order valence-corrected chi connectivity index (χ0v) is 24.5. The Balaban J connectivity index is 1.94. The van der Waals surface area contributed by atoms with E-state index in [9.17, 15) is 14.4 Å². The Morgan fingerprint density at radius 3 is 2.13 bits per heavy atom. The largest absolute Gasteiger partial charge is 0.456 e. The fourth-order valence-electron chi connectivity index (χ4n) is 4.44. The summed E-state index contributed by atoms with van der Waals surface area (Å²) in [4.78, 5) is 46.7. The lowest BCUT2D eigenvalue weighted by Crippen LogP contribution is -2.34. The summed E-state index contributed by atoms with van der Waals surface area (Å²) in [5.74, 6) is 0.337. The van der Waals surface area contributed by atoms with E-state index in [1.807, 2.05) is 45.9 Å². The van der Waals surface area contributed by atoms with Crippen LogP contribution in [0.25, 0.3) is 6.08 Å². The van der Waals surface area contributed by atoms with Crippen molar-refractivity contribution in [1.82, 2.24) is 19.4 Å². The summed E-state index contributed by atoms with van der Waals surface area (Å²) >= 11 is 0. The summed E-state index contributed by atoms with van der Waals surface area (Å²) in [6.07, 6.45) is 9.90. The number of unbranched alkanes of at least 4 members (excludes halogenated alkanes) is 3. The smallest absolute Gasteiger partial charge is 0.338 e. The number of hydrogen-bond donors (Lipinski definition) is 0. The highest BCUT2D eigenvalue weighted by Gasteiger charge is 2.40. The number of urea groups is 1. The molecule has 0 bridgehead atoms. The van der Waals surface area contributed by atoms with Crippen LogP contribution in [-0.4, -0.2) is 55.9 Å². The van der Waals surface area contributed by atoms with Crippen molar-refractivity contribution in [2.75, 3.05) is 13.1 Å². The lowest BCUT2D eigenvalue weighted by atomic mass is 10.1. The molecule has 0 unspecified atom stereocenters. The molecule has 1 saturated heterocycles. The van der Waals surface area contributed by atoms with Crippen LogP contribution in [0.2, 0.25) is 0 Å². The van der Waals surface area contributed by atoms with Crippen molar-refractivity contribution >= 4 is 24.0 Å². The lowest BCUT2D eigenvalue weighted by molar-refractivity contribution is -0.123. The van der Waals surface area contributed by atoms with E-state index in [1.165, 1.54) is 4.90 Å². The molecule has 1 aromatic heterocycles. The molecular formula is C31H44N4O4. The van der Waals surface area contributed by atoms with Crippen molar-refractivity contribution in [3.63, 3.8) is 0 Å². The van der Waals surface area contributed by atoms with Gasteiger partial charge in [-0.1, -0.05) is 52.2 Å². The van der Waals surface area contributed by atoms with Gasteiger partial charge in [0.2, 0.25) is 0 Å². The molecule has 1 fully saturated rings. The number of carbonyl (C=O) groups is 3. The van der Waals surface area contributed by atoms with Gasteiger partial charge in [0.25, 0.3) is 5.91 Å². The van der Waals surface area contributed by atoms with Crippen molar-refractivity contribution in [2.24, 2.45) is 0 Å². The van der Waals surface area contributed by atoms with Crippen LogP contribution < -0.4 is 0 Å². The van der Waals surface area contributed by atoms with Gasteiger partial charge in [-0.3, -0.25) is 14.6 Å². The van der Waals surface area contributed by atoms with Gasteiger partial charge in [-0.05, 0) is 63.8 Å². The topological polar surface area (TPSA) is 84.7 Å². The number of nitrogens with zero attached hydrogens (tertiary/aromatic N) is 4. The van der Waals surface area contributed by atoms with Crippen LogP contribution in [0.4, 0.5) is 4.79 Å². The molecule has 39 heavy (non-hydrogen) atoms. The normalized spacial score (nSPS) is 15.1. The number of imidazole rings is 1. The molecular weight excluding hydrogens is 492 g/mol. The molecule has 8 heteroatoms. The molecule has 0 saturated carbocycles. The maximum absolute atomic E-state index is 13.4. The number of carbonyl (C=O) groups excluding carboxylic acids is 3. The monoisotopic (exact) mass is 536 g/mol. The van der Waals surface area contributed by atoms with Gasteiger partial charge in [0.05, 0.1) is 17.5 Å². The average molecular weight is 537 g/mol. The molecule has 1 aliphatic rings. The number of imide groups is 1. The molecule has 1 aromatic carbocycles. The first-order chi connectivity index (χ1) is 18.6. The van der Waals surface area contributed by atoms with E-state index in [4.69, 9.17) is 9.72 Å². The molecule has 3 amide bonds. The fraction of sp³-hybridized carbons (Fsp3) is 0.548. The fourth-order valence-corrected chi connectivity index (χ4v) is 4.44. The van der Waals surface area contributed by atoms with Crippen molar-refractivity contribution in [1.29, 1.82) is 0 Å².